The average molecular weight is 394 g/mol. The molecule has 1 N–H and O–H groups in total. The molecule has 3 rings (SSSR count). The number of rotatable bonds is 7. The van der Waals surface area contributed by atoms with E-state index in [4.69, 9.17) is 4.74 Å². The van der Waals surface area contributed by atoms with Crippen molar-refractivity contribution in [2.24, 2.45) is 0 Å². The van der Waals surface area contributed by atoms with Crippen molar-refractivity contribution in [1.29, 1.82) is 0 Å². The number of amides is 1. The smallest absolute Gasteiger partial charge is 0.341 e. The second-order valence-corrected chi connectivity index (χ2v) is 7.70. The Hall–Kier alpha value is -2.92. The highest BCUT2D eigenvalue weighted by molar-refractivity contribution is 7.16. The summed E-state index contributed by atoms with van der Waals surface area (Å²) >= 11 is 1.38. The Labute approximate surface area is 169 Å². The molecule has 0 unspecified atom stereocenters. The fourth-order valence-corrected chi connectivity index (χ4v) is 4.05. The number of anilines is 1. The zero-order valence-corrected chi connectivity index (χ0v) is 16.8. The predicted molar refractivity (Wildman–Crippen MR) is 113 cm³/mol. The third-order valence-electron chi connectivity index (χ3n) is 4.40. The lowest BCUT2D eigenvalue weighted by atomic mass is 9.88. The summed E-state index contributed by atoms with van der Waals surface area (Å²) < 4.78 is 5.10. The molecule has 1 amide bonds. The highest BCUT2D eigenvalue weighted by Crippen LogP contribution is 2.31. The van der Waals surface area contributed by atoms with E-state index in [1.165, 1.54) is 11.3 Å². The minimum atomic E-state index is -0.412. The van der Waals surface area contributed by atoms with E-state index in [2.05, 4.69) is 5.32 Å². The maximum Gasteiger partial charge on any atom is 0.341 e. The summed E-state index contributed by atoms with van der Waals surface area (Å²) in [6.45, 7) is 3.96. The van der Waals surface area contributed by atoms with Crippen LogP contribution in [0.3, 0.4) is 0 Å². The van der Waals surface area contributed by atoms with Gasteiger partial charge in [-0.05, 0) is 31.0 Å². The summed E-state index contributed by atoms with van der Waals surface area (Å²) in [5, 5.41) is 3.46. The van der Waals surface area contributed by atoms with E-state index in [-0.39, 0.29) is 18.2 Å². The van der Waals surface area contributed by atoms with Crippen LogP contribution < -0.4 is 5.32 Å². The number of nitrogens with one attached hydrogen (secondary N) is 1. The molecular formula is C23H23NO3S. The quantitative estimate of drug-likeness (QED) is 0.547. The van der Waals surface area contributed by atoms with Crippen molar-refractivity contribution in [3.8, 4) is 0 Å². The number of thiophene rings is 1. The molecule has 0 saturated carbocycles. The maximum atomic E-state index is 12.9. The Morgan fingerprint density at radius 2 is 1.57 bits per heavy atom. The first-order valence-corrected chi connectivity index (χ1v) is 10.1. The van der Waals surface area contributed by atoms with E-state index in [1.807, 2.05) is 67.6 Å². The van der Waals surface area contributed by atoms with Crippen molar-refractivity contribution >= 4 is 28.2 Å². The molecule has 28 heavy (non-hydrogen) atoms. The number of ether oxygens (including phenoxy) is 1. The minimum absolute atomic E-state index is 0.0606. The monoisotopic (exact) mass is 393 g/mol. The van der Waals surface area contributed by atoms with Crippen molar-refractivity contribution in [2.45, 2.75) is 26.2 Å². The van der Waals surface area contributed by atoms with Crippen LogP contribution in [0.5, 0.6) is 0 Å². The summed E-state index contributed by atoms with van der Waals surface area (Å²) in [5.74, 6) is -0.607. The molecule has 0 saturated heterocycles. The maximum absolute atomic E-state index is 12.9. The molecule has 144 valence electrons. The molecule has 0 fully saturated rings. The molecule has 0 aliphatic carbocycles. The second-order valence-electron chi connectivity index (χ2n) is 6.45. The molecule has 5 heteroatoms. The fraction of sp³-hybridized carbons (Fsp3) is 0.217. The molecule has 3 aromatic rings. The van der Waals surface area contributed by atoms with Crippen LogP contribution in [0.25, 0.3) is 0 Å². The topological polar surface area (TPSA) is 55.4 Å². The minimum Gasteiger partial charge on any atom is -0.462 e. The molecule has 0 radical (unpaired) electrons. The number of hydrogen-bond acceptors (Lipinski definition) is 4. The van der Waals surface area contributed by atoms with Gasteiger partial charge in [-0.2, -0.15) is 0 Å². The summed E-state index contributed by atoms with van der Waals surface area (Å²) in [6.07, 6.45) is 0.285. The number of esters is 1. The summed E-state index contributed by atoms with van der Waals surface area (Å²) in [5.41, 5.74) is 2.57. The normalized spacial score (nSPS) is 10.7. The first-order chi connectivity index (χ1) is 13.6. The van der Waals surface area contributed by atoms with Gasteiger partial charge in [0.05, 0.1) is 12.2 Å². The van der Waals surface area contributed by atoms with E-state index < -0.39 is 5.97 Å². The Morgan fingerprint density at radius 1 is 1.00 bits per heavy atom. The van der Waals surface area contributed by atoms with Gasteiger partial charge in [-0.1, -0.05) is 60.7 Å². The molecular weight excluding hydrogens is 370 g/mol. The average Bonchev–Trinajstić information content (AvgIpc) is 3.08. The van der Waals surface area contributed by atoms with Crippen LogP contribution in [0.1, 0.15) is 45.6 Å². The van der Waals surface area contributed by atoms with Crippen LogP contribution in [0, 0.1) is 6.92 Å². The van der Waals surface area contributed by atoms with Crippen LogP contribution in [-0.4, -0.2) is 18.5 Å². The van der Waals surface area contributed by atoms with Crippen molar-refractivity contribution in [2.75, 3.05) is 11.9 Å². The lowest BCUT2D eigenvalue weighted by molar-refractivity contribution is -0.116. The van der Waals surface area contributed by atoms with E-state index >= 15 is 0 Å². The first-order valence-electron chi connectivity index (χ1n) is 9.25. The van der Waals surface area contributed by atoms with Gasteiger partial charge in [-0.25, -0.2) is 4.79 Å². The Bertz CT molecular complexity index is 895. The predicted octanol–water partition coefficient (Wildman–Crippen LogP) is 5.39. The largest absolute Gasteiger partial charge is 0.462 e. The van der Waals surface area contributed by atoms with Gasteiger partial charge in [0, 0.05) is 17.2 Å². The molecule has 0 bridgehead atoms. The van der Waals surface area contributed by atoms with Crippen molar-refractivity contribution in [3.63, 3.8) is 0 Å². The van der Waals surface area contributed by atoms with Gasteiger partial charge in [-0.15, -0.1) is 11.3 Å². The molecule has 0 aliphatic heterocycles. The molecule has 1 aromatic heterocycles. The molecule has 1 heterocycles. The van der Waals surface area contributed by atoms with Gasteiger partial charge in [-0.3, -0.25) is 4.79 Å². The highest BCUT2D eigenvalue weighted by atomic mass is 32.1. The Kier molecular flexibility index (Phi) is 6.61. The van der Waals surface area contributed by atoms with Crippen LogP contribution in [0.4, 0.5) is 5.00 Å². The number of hydrogen-bond donors (Lipinski definition) is 1. The van der Waals surface area contributed by atoms with E-state index in [0.29, 0.717) is 17.2 Å². The SMILES string of the molecule is CCOC(=O)c1cc(C)sc1NC(=O)CC(c1ccccc1)c1ccccc1. The summed E-state index contributed by atoms with van der Waals surface area (Å²) in [6, 6.07) is 21.7. The fourth-order valence-electron chi connectivity index (χ4n) is 3.13. The van der Waals surface area contributed by atoms with Crippen LogP contribution in [-0.2, 0) is 9.53 Å². The third kappa shape index (κ3) is 4.87. The third-order valence-corrected chi connectivity index (χ3v) is 5.36. The molecule has 2 aromatic carbocycles. The molecule has 4 nitrogen and oxygen atoms in total. The van der Waals surface area contributed by atoms with Crippen molar-refractivity contribution < 1.29 is 14.3 Å². The van der Waals surface area contributed by atoms with Crippen molar-refractivity contribution in [3.05, 3.63) is 88.3 Å². The van der Waals surface area contributed by atoms with Gasteiger partial charge in [0.25, 0.3) is 0 Å². The van der Waals surface area contributed by atoms with E-state index in [9.17, 15) is 9.59 Å². The van der Waals surface area contributed by atoms with Gasteiger partial charge in [0.1, 0.15) is 5.00 Å². The van der Waals surface area contributed by atoms with E-state index in [1.54, 1.807) is 13.0 Å². The Morgan fingerprint density at radius 3 is 2.11 bits per heavy atom. The molecule has 0 aliphatic rings. The standard InChI is InChI=1S/C23H23NO3S/c1-3-27-23(26)20-14-16(2)28-22(20)24-21(25)15-19(17-10-6-4-7-11-17)18-12-8-5-9-13-18/h4-14,19H,3,15H2,1-2H3,(H,24,25). The zero-order chi connectivity index (χ0) is 19.9. The van der Waals surface area contributed by atoms with Gasteiger partial charge in [0.2, 0.25) is 5.91 Å². The second kappa shape index (κ2) is 9.33. The number of aryl methyl sites for hydroxylation is 1. The zero-order valence-electron chi connectivity index (χ0n) is 16.0. The lowest BCUT2D eigenvalue weighted by Crippen LogP contribution is -2.17. The van der Waals surface area contributed by atoms with Crippen LogP contribution >= 0.6 is 11.3 Å². The summed E-state index contributed by atoms with van der Waals surface area (Å²) in [7, 11) is 0. The van der Waals surface area contributed by atoms with E-state index in [0.717, 1.165) is 16.0 Å². The van der Waals surface area contributed by atoms with Gasteiger partial charge < -0.3 is 10.1 Å². The highest BCUT2D eigenvalue weighted by Gasteiger charge is 2.21. The number of benzene rings is 2. The lowest BCUT2D eigenvalue weighted by Gasteiger charge is -2.18. The first kappa shape index (κ1) is 19.8. The molecule has 0 atom stereocenters. The number of carbonyl (C=O) groups excluding carboxylic acids is 2. The van der Waals surface area contributed by atoms with Crippen LogP contribution in [0.2, 0.25) is 0 Å². The summed E-state index contributed by atoms with van der Waals surface area (Å²) in [4.78, 5) is 26.0. The Balaban J connectivity index is 1.81. The molecule has 0 spiro atoms. The van der Waals surface area contributed by atoms with Crippen molar-refractivity contribution in [1.82, 2.24) is 0 Å². The van der Waals surface area contributed by atoms with Gasteiger partial charge >= 0.3 is 5.97 Å². The van der Waals surface area contributed by atoms with Gasteiger partial charge in [0.15, 0.2) is 0 Å². The number of carbonyl (C=O) groups is 2. The van der Waals surface area contributed by atoms with Crippen LogP contribution in [0.15, 0.2) is 66.7 Å².